The number of para-hydroxylation sites is 2. The molecule has 2 N–H and O–H groups in total. The maximum Gasteiger partial charge on any atom is 0.282 e. The highest BCUT2D eigenvalue weighted by Gasteiger charge is 2.04. The number of fused-ring (bicyclic) bond motifs is 2. The number of aromatic nitrogens is 3. The van der Waals surface area contributed by atoms with Gasteiger partial charge in [-0.2, -0.15) is 9.78 Å². The van der Waals surface area contributed by atoms with Crippen molar-refractivity contribution in [1.82, 2.24) is 14.6 Å². The molecule has 0 aliphatic heterocycles. The maximum absolute atomic E-state index is 12.5. The predicted octanol–water partition coefficient (Wildman–Crippen LogP) is 3.42. The molecule has 112 valence electrons. The van der Waals surface area contributed by atoms with Crippen LogP contribution in [0.15, 0.2) is 64.6 Å². The smallest absolute Gasteiger partial charge is 0.282 e. The van der Waals surface area contributed by atoms with E-state index in [4.69, 9.17) is 12.2 Å². The first kappa shape index (κ1) is 13.7. The van der Waals surface area contributed by atoms with Crippen LogP contribution in [0.2, 0.25) is 0 Å². The molecule has 0 saturated carbocycles. The molecule has 2 aromatic heterocycles. The molecule has 4 aromatic rings. The summed E-state index contributed by atoms with van der Waals surface area (Å²) in [6, 6.07) is 15.1. The molecule has 0 saturated heterocycles. The summed E-state index contributed by atoms with van der Waals surface area (Å²) in [7, 11) is 0. The number of benzene rings is 2. The lowest BCUT2D eigenvalue weighted by Crippen LogP contribution is -2.18. The van der Waals surface area contributed by atoms with Gasteiger partial charge in [0.25, 0.3) is 5.56 Å². The fourth-order valence-electron chi connectivity index (χ4n) is 2.58. The third kappa shape index (κ3) is 2.29. The van der Waals surface area contributed by atoms with E-state index in [9.17, 15) is 4.79 Å². The molecule has 0 amide bonds. The third-order valence-electron chi connectivity index (χ3n) is 3.72. The van der Waals surface area contributed by atoms with Crippen molar-refractivity contribution < 1.29 is 0 Å². The fraction of sp³-hybridized carbons (Fsp3) is 0. The second kappa shape index (κ2) is 5.33. The Kier molecular flexibility index (Phi) is 3.17. The first-order chi connectivity index (χ1) is 11.2. The van der Waals surface area contributed by atoms with Gasteiger partial charge in [-0.1, -0.05) is 30.3 Å². The van der Waals surface area contributed by atoms with E-state index >= 15 is 0 Å². The summed E-state index contributed by atoms with van der Waals surface area (Å²) < 4.78 is 1.48. The lowest BCUT2D eigenvalue weighted by molar-refractivity contribution is 0.800. The van der Waals surface area contributed by atoms with Crippen molar-refractivity contribution in [1.29, 1.82) is 0 Å². The number of H-pyrrole nitrogens is 2. The topological polar surface area (TPSA) is 65.9 Å². The largest absolute Gasteiger partial charge is 0.361 e. The van der Waals surface area contributed by atoms with Gasteiger partial charge >= 0.3 is 0 Å². The average Bonchev–Trinajstić information content (AvgIpc) is 2.98. The Balaban J connectivity index is 1.87. The first-order valence-electron chi connectivity index (χ1n) is 7.08. The van der Waals surface area contributed by atoms with Crippen LogP contribution in [0.4, 0.5) is 0 Å². The molecule has 2 aromatic carbocycles. The van der Waals surface area contributed by atoms with Crippen molar-refractivity contribution in [2.75, 3.05) is 0 Å². The van der Waals surface area contributed by atoms with E-state index in [1.165, 1.54) is 4.68 Å². The molecule has 0 unspecified atom stereocenters. The van der Waals surface area contributed by atoms with Gasteiger partial charge in [-0.25, -0.2) is 0 Å². The van der Waals surface area contributed by atoms with Crippen LogP contribution >= 0.6 is 12.2 Å². The molecule has 0 bridgehead atoms. The van der Waals surface area contributed by atoms with Gasteiger partial charge in [-0.15, -0.1) is 0 Å². The van der Waals surface area contributed by atoms with Crippen molar-refractivity contribution in [3.63, 3.8) is 0 Å². The normalized spacial score (nSPS) is 11.7. The predicted molar refractivity (Wildman–Crippen MR) is 94.7 cm³/mol. The summed E-state index contributed by atoms with van der Waals surface area (Å²) in [6.45, 7) is 0. The van der Waals surface area contributed by atoms with Crippen LogP contribution in [-0.2, 0) is 0 Å². The van der Waals surface area contributed by atoms with Gasteiger partial charge in [0.05, 0.1) is 17.1 Å². The van der Waals surface area contributed by atoms with Crippen LogP contribution in [0.1, 0.15) is 5.56 Å². The van der Waals surface area contributed by atoms with E-state index in [0.717, 1.165) is 16.5 Å². The number of hydrogen-bond donors (Lipinski definition) is 2. The molecule has 0 atom stereocenters. The highest BCUT2D eigenvalue weighted by atomic mass is 32.1. The standard InChI is InChI=1S/C17H12N4OS/c22-16-13-6-2-4-8-15(13)20-17(23)21(16)19-10-11-9-18-14-7-3-1-5-12(11)14/h1-10,18H,(H,20,23)/b19-10+. The molecule has 0 fully saturated rings. The van der Waals surface area contributed by atoms with Gasteiger partial charge in [0, 0.05) is 22.7 Å². The summed E-state index contributed by atoms with van der Waals surface area (Å²) in [4.78, 5) is 18.7. The summed E-state index contributed by atoms with van der Waals surface area (Å²) in [5.41, 5.74) is 2.39. The quantitative estimate of drug-likeness (QED) is 0.439. The zero-order chi connectivity index (χ0) is 15.8. The second-order valence-corrected chi connectivity index (χ2v) is 5.51. The molecule has 0 aliphatic carbocycles. The minimum absolute atomic E-state index is 0.236. The van der Waals surface area contributed by atoms with Crippen LogP contribution in [0.25, 0.3) is 21.8 Å². The van der Waals surface area contributed by atoms with Crippen LogP contribution < -0.4 is 5.56 Å². The van der Waals surface area contributed by atoms with E-state index < -0.39 is 0 Å². The van der Waals surface area contributed by atoms with Crippen molar-refractivity contribution in [2.24, 2.45) is 5.10 Å². The third-order valence-corrected chi connectivity index (χ3v) is 3.99. The number of nitrogens with one attached hydrogen (secondary N) is 2. The van der Waals surface area contributed by atoms with Crippen LogP contribution in [-0.4, -0.2) is 20.9 Å². The van der Waals surface area contributed by atoms with Gasteiger partial charge in [-0.05, 0) is 30.4 Å². The molecular formula is C17H12N4OS. The average molecular weight is 320 g/mol. The maximum atomic E-state index is 12.5. The SMILES string of the molecule is O=c1c2ccccc2[nH]c(=S)n1/N=C/c1c[nH]c2ccccc12. The molecule has 5 nitrogen and oxygen atoms in total. The lowest BCUT2D eigenvalue weighted by atomic mass is 10.2. The van der Waals surface area contributed by atoms with E-state index in [1.807, 2.05) is 48.7 Å². The van der Waals surface area contributed by atoms with Gasteiger partial charge in [-0.3, -0.25) is 4.79 Å². The molecule has 0 radical (unpaired) electrons. The van der Waals surface area contributed by atoms with Crippen molar-refractivity contribution in [3.8, 4) is 0 Å². The molecule has 2 heterocycles. The van der Waals surface area contributed by atoms with Gasteiger partial charge in [0.15, 0.2) is 0 Å². The molecule has 4 rings (SSSR count). The van der Waals surface area contributed by atoms with Gasteiger partial charge in [0.1, 0.15) is 0 Å². The Morgan fingerprint density at radius 3 is 2.52 bits per heavy atom. The zero-order valence-corrected chi connectivity index (χ0v) is 12.8. The number of hydrogen-bond acceptors (Lipinski definition) is 3. The highest BCUT2D eigenvalue weighted by molar-refractivity contribution is 7.71. The van der Waals surface area contributed by atoms with Gasteiger partial charge in [0.2, 0.25) is 4.77 Å². The Morgan fingerprint density at radius 2 is 1.70 bits per heavy atom. The minimum Gasteiger partial charge on any atom is -0.361 e. The lowest BCUT2D eigenvalue weighted by Gasteiger charge is -2.02. The Labute approximate surface area is 135 Å². The van der Waals surface area contributed by atoms with E-state index in [-0.39, 0.29) is 10.3 Å². The minimum atomic E-state index is -0.236. The summed E-state index contributed by atoms with van der Waals surface area (Å²) in [5, 5.41) is 5.87. The molecule has 23 heavy (non-hydrogen) atoms. The Morgan fingerprint density at radius 1 is 1.00 bits per heavy atom. The Hall–Kier alpha value is -2.99. The first-order valence-corrected chi connectivity index (χ1v) is 7.49. The number of nitrogens with zero attached hydrogens (tertiary/aromatic N) is 2. The number of rotatable bonds is 2. The molecule has 0 spiro atoms. The van der Waals surface area contributed by atoms with Crippen molar-refractivity contribution >= 4 is 40.2 Å². The van der Waals surface area contributed by atoms with E-state index in [2.05, 4.69) is 15.1 Å². The number of aromatic amines is 2. The van der Waals surface area contributed by atoms with E-state index in [0.29, 0.717) is 10.9 Å². The fourth-order valence-corrected chi connectivity index (χ4v) is 2.82. The Bertz CT molecular complexity index is 1170. The summed E-state index contributed by atoms with van der Waals surface area (Å²) in [6.07, 6.45) is 3.49. The monoisotopic (exact) mass is 320 g/mol. The van der Waals surface area contributed by atoms with Crippen LogP contribution in [0.5, 0.6) is 0 Å². The van der Waals surface area contributed by atoms with Gasteiger partial charge < -0.3 is 9.97 Å². The molecular weight excluding hydrogens is 308 g/mol. The zero-order valence-electron chi connectivity index (χ0n) is 12.0. The molecule has 0 aliphatic rings. The highest BCUT2D eigenvalue weighted by Crippen LogP contribution is 2.15. The van der Waals surface area contributed by atoms with Crippen LogP contribution in [0.3, 0.4) is 0 Å². The summed E-state index contributed by atoms with van der Waals surface area (Å²) in [5.74, 6) is 0. The van der Waals surface area contributed by atoms with Crippen LogP contribution in [0, 0.1) is 4.77 Å². The van der Waals surface area contributed by atoms with Crippen molar-refractivity contribution in [2.45, 2.75) is 0 Å². The van der Waals surface area contributed by atoms with E-state index in [1.54, 1.807) is 12.3 Å². The molecule has 6 heteroatoms. The summed E-state index contributed by atoms with van der Waals surface area (Å²) >= 11 is 5.24. The second-order valence-electron chi connectivity index (χ2n) is 5.13. The van der Waals surface area contributed by atoms with Crippen molar-refractivity contribution in [3.05, 3.63) is 75.4 Å².